The number of nitrogens with zero attached hydrogens (tertiary/aromatic N) is 1. The SMILES string of the molecule is CC.CN1CCC(O)(c2ccc(Cl)cc2)CC1. The number of halogens is 1. The molecule has 0 atom stereocenters. The summed E-state index contributed by atoms with van der Waals surface area (Å²) in [6, 6.07) is 7.53. The molecule has 2 rings (SSSR count). The van der Waals surface area contributed by atoms with Crippen LogP contribution in [0, 0.1) is 0 Å². The molecule has 0 aliphatic carbocycles. The van der Waals surface area contributed by atoms with Crippen molar-refractivity contribution in [3.8, 4) is 0 Å². The number of likely N-dealkylation sites (tertiary alicyclic amines) is 1. The third kappa shape index (κ3) is 3.70. The van der Waals surface area contributed by atoms with Crippen LogP contribution in [0.2, 0.25) is 5.02 Å². The molecule has 0 unspecified atom stereocenters. The summed E-state index contributed by atoms with van der Waals surface area (Å²) in [5, 5.41) is 11.2. The molecule has 0 amide bonds. The third-order valence-electron chi connectivity index (χ3n) is 3.20. The summed E-state index contributed by atoms with van der Waals surface area (Å²) in [6.07, 6.45) is 1.59. The molecule has 1 aliphatic rings. The molecule has 1 saturated heterocycles. The fourth-order valence-electron chi connectivity index (χ4n) is 2.04. The molecule has 1 heterocycles. The van der Waals surface area contributed by atoms with Gasteiger partial charge < -0.3 is 10.0 Å². The minimum absolute atomic E-state index is 0.656. The molecule has 0 radical (unpaired) electrons. The van der Waals surface area contributed by atoms with E-state index in [4.69, 9.17) is 11.6 Å². The maximum Gasteiger partial charge on any atom is 0.0920 e. The van der Waals surface area contributed by atoms with Crippen molar-refractivity contribution in [3.05, 3.63) is 34.9 Å². The standard InChI is InChI=1S/C12H16ClNO.C2H6/c1-14-8-6-12(15,7-9-14)10-2-4-11(13)5-3-10;1-2/h2-5,15H,6-9H2,1H3;1-2H3. The molecule has 1 aliphatic heterocycles. The maximum atomic E-state index is 10.5. The van der Waals surface area contributed by atoms with Crippen LogP contribution in [0.1, 0.15) is 32.3 Å². The van der Waals surface area contributed by atoms with Gasteiger partial charge in [0.25, 0.3) is 0 Å². The van der Waals surface area contributed by atoms with E-state index in [1.807, 2.05) is 38.1 Å². The zero-order valence-electron chi connectivity index (χ0n) is 10.9. The van der Waals surface area contributed by atoms with Crippen LogP contribution in [-0.4, -0.2) is 30.1 Å². The van der Waals surface area contributed by atoms with E-state index in [0.717, 1.165) is 36.5 Å². The summed E-state index contributed by atoms with van der Waals surface area (Å²) < 4.78 is 0. The zero-order valence-corrected chi connectivity index (χ0v) is 11.7. The molecular formula is C14H22ClNO. The first-order valence-electron chi connectivity index (χ1n) is 6.27. The van der Waals surface area contributed by atoms with E-state index in [9.17, 15) is 5.11 Å². The molecule has 0 spiro atoms. The highest BCUT2D eigenvalue weighted by molar-refractivity contribution is 6.30. The van der Waals surface area contributed by atoms with Crippen molar-refractivity contribution in [1.29, 1.82) is 0 Å². The minimum Gasteiger partial charge on any atom is -0.385 e. The van der Waals surface area contributed by atoms with Crippen molar-refractivity contribution in [2.75, 3.05) is 20.1 Å². The number of piperidine rings is 1. The van der Waals surface area contributed by atoms with Crippen LogP contribution in [0.15, 0.2) is 24.3 Å². The molecular weight excluding hydrogens is 234 g/mol. The van der Waals surface area contributed by atoms with Crippen molar-refractivity contribution in [2.24, 2.45) is 0 Å². The molecule has 1 fully saturated rings. The van der Waals surface area contributed by atoms with Gasteiger partial charge in [0.2, 0.25) is 0 Å². The molecule has 3 heteroatoms. The highest BCUT2D eigenvalue weighted by atomic mass is 35.5. The first-order chi connectivity index (χ1) is 8.10. The lowest BCUT2D eigenvalue weighted by Gasteiger charge is -2.36. The fraction of sp³-hybridized carbons (Fsp3) is 0.571. The maximum absolute atomic E-state index is 10.5. The molecule has 0 saturated carbocycles. The molecule has 2 nitrogen and oxygen atoms in total. The van der Waals surface area contributed by atoms with E-state index in [2.05, 4.69) is 11.9 Å². The second-order valence-electron chi connectivity index (χ2n) is 4.34. The summed E-state index contributed by atoms with van der Waals surface area (Å²) in [5.41, 5.74) is 0.330. The highest BCUT2D eigenvalue weighted by Crippen LogP contribution is 2.32. The van der Waals surface area contributed by atoms with Crippen molar-refractivity contribution in [2.45, 2.75) is 32.3 Å². The molecule has 0 aromatic heterocycles. The predicted octanol–water partition coefficient (Wildman–Crippen LogP) is 3.28. The van der Waals surface area contributed by atoms with Crippen LogP contribution in [-0.2, 0) is 5.60 Å². The Hall–Kier alpha value is -0.570. The van der Waals surface area contributed by atoms with Gasteiger partial charge in [-0.15, -0.1) is 0 Å². The summed E-state index contributed by atoms with van der Waals surface area (Å²) in [6.45, 7) is 5.89. The lowest BCUT2D eigenvalue weighted by molar-refractivity contribution is -0.0203. The van der Waals surface area contributed by atoms with Gasteiger partial charge in [-0.05, 0) is 37.6 Å². The van der Waals surface area contributed by atoms with Gasteiger partial charge in [-0.3, -0.25) is 0 Å². The second kappa shape index (κ2) is 6.39. The average molecular weight is 256 g/mol. The Morgan fingerprint density at radius 1 is 1.12 bits per heavy atom. The van der Waals surface area contributed by atoms with E-state index in [1.165, 1.54) is 0 Å². The molecule has 1 aromatic carbocycles. The molecule has 96 valence electrons. The van der Waals surface area contributed by atoms with Gasteiger partial charge in [0.05, 0.1) is 5.60 Å². The summed E-state index contributed by atoms with van der Waals surface area (Å²) in [7, 11) is 2.08. The largest absolute Gasteiger partial charge is 0.385 e. The van der Waals surface area contributed by atoms with E-state index in [1.54, 1.807) is 0 Å². The first-order valence-corrected chi connectivity index (χ1v) is 6.65. The Balaban J connectivity index is 0.000000686. The second-order valence-corrected chi connectivity index (χ2v) is 4.78. The zero-order chi connectivity index (χ0) is 12.9. The Morgan fingerprint density at radius 3 is 2.06 bits per heavy atom. The Kier molecular flexibility index (Phi) is 5.44. The summed E-state index contributed by atoms with van der Waals surface area (Å²) >= 11 is 5.83. The lowest BCUT2D eigenvalue weighted by atomic mass is 9.85. The predicted molar refractivity (Wildman–Crippen MR) is 73.4 cm³/mol. The van der Waals surface area contributed by atoms with Gasteiger partial charge in [-0.1, -0.05) is 37.6 Å². The van der Waals surface area contributed by atoms with Gasteiger partial charge in [-0.25, -0.2) is 0 Å². The number of rotatable bonds is 1. The summed E-state index contributed by atoms with van der Waals surface area (Å²) in [4.78, 5) is 2.24. The van der Waals surface area contributed by atoms with Crippen LogP contribution in [0.25, 0.3) is 0 Å². The van der Waals surface area contributed by atoms with Gasteiger partial charge in [0.15, 0.2) is 0 Å². The van der Waals surface area contributed by atoms with E-state index in [-0.39, 0.29) is 0 Å². The number of hydrogen-bond donors (Lipinski definition) is 1. The highest BCUT2D eigenvalue weighted by Gasteiger charge is 2.32. The van der Waals surface area contributed by atoms with E-state index in [0.29, 0.717) is 0 Å². The first kappa shape index (κ1) is 14.5. The fourth-order valence-corrected chi connectivity index (χ4v) is 2.16. The van der Waals surface area contributed by atoms with Crippen LogP contribution in [0.4, 0.5) is 0 Å². The Morgan fingerprint density at radius 2 is 1.59 bits per heavy atom. The van der Waals surface area contributed by atoms with Crippen LogP contribution in [0.5, 0.6) is 0 Å². The quantitative estimate of drug-likeness (QED) is 0.833. The van der Waals surface area contributed by atoms with Crippen molar-refractivity contribution < 1.29 is 5.11 Å². The Labute approximate surface area is 109 Å². The van der Waals surface area contributed by atoms with E-state index >= 15 is 0 Å². The van der Waals surface area contributed by atoms with Crippen molar-refractivity contribution in [1.82, 2.24) is 4.90 Å². The van der Waals surface area contributed by atoms with Gasteiger partial charge >= 0.3 is 0 Å². The van der Waals surface area contributed by atoms with Crippen LogP contribution in [0.3, 0.4) is 0 Å². The Bertz CT molecular complexity index is 329. The van der Waals surface area contributed by atoms with Crippen molar-refractivity contribution in [3.63, 3.8) is 0 Å². The molecule has 0 bridgehead atoms. The van der Waals surface area contributed by atoms with E-state index < -0.39 is 5.60 Å². The van der Waals surface area contributed by atoms with Gasteiger partial charge in [0.1, 0.15) is 0 Å². The monoisotopic (exact) mass is 255 g/mol. The molecule has 1 aromatic rings. The van der Waals surface area contributed by atoms with Gasteiger partial charge in [0, 0.05) is 18.1 Å². The van der Waals surface area contributed by atoms with Crippen LogP contribution >= 0.6 is 11.6 Å². The number of hydrogen-bond acceptors (Lipinski definition) is 2. The summed E-state index contributed by atoms with van der Waals surface area (Å²) in [5.74, 6) is 0. The topological polar surface area (TPSA) is 23.5 Å². The third-order valence-corrected chi connectivity index (χ3v) is 3.45. The normalized spacial score (nSPS) is 19.4. The van der Waals surface area contributed by atoms with Crippen LogP contribution < -0.4 is 0 Å². The smallest absolute Gasteiger partial charge is 0.0920 e. The number of benzene rings is 1. The van der Waals surface area contributed by atoms with Gasteiger partial charge in [-0.2, -0.15) is 0 Å². The number of aliphatic hydroxyl groups is 1. The molecule has 1 N–H and O–H groups in total. The average Bonchev–Trinajstić information content (AvgIpc) is 2.36. The lowest BCUT2D eigenvalue weighted by Crippen LogP contribution is -2.40. The molecule has 17 heavy (non-hydrogen) atoms. The minimum atomic E-state index is -0.656. The van der Waals surface area contributed by atoms with Crippen molar-refractivity contribution >= 4 is 11.6 Å².